The summed E-state index contributed by atoms with van der Waals surface area (Å²) in [6, 6.07) is 9.20. The summed E-state index contributed by atoms with van der Waals surface area (Å²) in [5, 5.41) is 0. The summed E-state index contributed by atoms with van der Waals surface area (Å²) in [4.78, 5) is 19.0. The number of rotatable bonds is 7. The van der Waals surface area contributed by atoms with E-state index in [-0.39, 0.29) is 33.7 Å². The Morgan fingerprint density at radius 2 is 1.79 bits per heavy atom. The molecule has 0 bridgehead atoms. The van der Waals surface area contributed by atoms with Gasteiger partial charge in [-0.25, -0.2) is 22.8 Å². The van der Waals surface area contributed by atoms with Crippen LogP contribution in [-0.4, -0.2) is 31.4 Å². The number of carbonyl (C=O) groups excluding carboxylic acids is 1. The molecule has 150 valence electrons. The first-order chi connectivity index (χ1) is 13.8. The lowest BCUT2D eigenvalue weighted by Gasteiger charge is -2.11. The first kappa shape index (κ1) is 20.0. The zero-order valence-electron chi connectivity index (χ0n) is 15.0. The average Bonchev–Trinajstić information content (AvgIpc) is 2.70. The molecule has 0 unspecified atom stereocenters. The van der Waals surface area contributed by atoms with E-state index in [1.54, 1.807) is 6.07 Å². The fourth-order valence-corrected chi connectivity index (χ4v) is 3.36. The van der Waals surface area contributed by atoms with Crippen molar-refractivity contribution < 1.29 is 27.1 Å². The third kappa shape index (κ3) is 4.58. The summed E-state index contributed by atoms with van der Waals surface area (Å²) in [7, 11) is -2.74. The molecule has 0 aliphatic rings. The molecule has 2 aromatic carbocycles. The van der Waals surface area contributed by atoms with Gasteiger partial charge < -0.3 is 15.2 Å². The largest absolute Gasteiger partial charge is 0.496 e. The van der Waals surface area contributed by atoms with E-state index in [9.17, 15) is 17.6 Å². The minimum Gasteiger partial charge on any atom is -0.496 e. The number of sulfonamides is 1. The van der Waals surface area contributed by atoms with E-state index in [2.05, 4.69) is 14.7 Å². The summed E-state index contributed by atoms with van der Waals surface area (Å²) >= 11 is 0. The number of carbonyl (C=O) groups is 1. The number of halogens is 1. The highest BCUT2D eigenvalue weighted by molar-refractivity contribution is 7.92. The Morgan fingerprint density at radius 3 is 2.41 bits per heavy atom. The molecule has 3 aromatic rings. The zero-order chi connectivity index (χ0) is 21.0. The second kappa shape index (κ2) is 8.10. The zero-order valence-corrected chi connectivity index (χ0v) is 15.8. The molecule has 0 radical (unpaired) electrons. The lowest BCUT2D eigenvalue weighted by molar-refractivity contribution is 0.0997. The summed E-state index contributed by atoms with van der Waals surface area (Å²) in [6.07, 6.45) is 2.30. The molecule has 3 N–H and O–H groups in total. The lowest BCUT2D eigenvalue weighted by Crippen LogP contribution is -2.17. The Bertz CT molecular complexity index is 1150. The van der Waals surface area contributed by atoms with Crippen LogP contribution < -0.4 is 19.9 Å². The van der Waals surface area contributed by atoms with Crippen molar-refractivity contribution in [3.05, 3.63) is 66.2 Å². The van der Waals surface area contributed by atoms with Gasteiger partial charge in [0.15, 0.2) is 11.6 Å². The predicted molar refractivity (Wildman–Crippen MR) is 101 cm³/mol. The van der Waals surface area contributed by atoms with Crippen LogP contribution in [0.15, 0.2) is 59.8 Å². The number of nitrogens with two attached hydrogens (primary N) is 1. The number of primary amides is 1. The number of anilines is 1. The lowest BCUT2D eigenvalue weighted by atomic mass is 10.2. The molecule has 0 atom stereocenters. The second-order valence-electron chi connectivity index (χ2n) is 5.62. The molecular formula is C18H15FN4O5S. The molecule has 11 heteroatoms. The van der Waals surface area contributed by atoms with Crippen molar-refractivity contribution in [3.8, 4) is 17.5 Å². The number of benzene rings is 2. The molecule has 29 heavy (non-hydrogen) atoms. The first-order valence-electron chi connectivity index (χ1n) is 8.05. The highest BCUT2D eigenvalue weighted by Gasteiger charge is 2.19. The molecule has 0 saturated heterocycles. The van der Waals surface area contributed by atoms with Crippen LogP contribution in [-0.2, 0) is 10.0 Å². The van der Waals surface area contributed by atoms with Gasteiger partial charge in [0.1, 0.15) is 5.75 Å². The van der Waals surface area contributed by atoms with Gasteiger partial charge in [-0.05, 0) is 30.3 Å². The maximum absolute atomic E-state index is 13.6. The van der Waals surface area contributed by atoms with E-state index in [0.717, 1.165) is 18.5 Å². The molecule has 9 nitrogen and oxygen atoms in total. The molecule has 0 fully saturated rings. The van der Waals surface area contributed by atoms with Crippen molar-refractivity contribution in [2.45, 2.75) is 4.90 Å². The van der Waals surface area contributed by atoms with Crippen LogP contribution >= 0.6 is 0 Å². The molecule has 3 rings (SSSR count). The highest BCUT2D eigenvalue weighted by Crippen LogP contribution is 2.24. The Balaban J connectivity index is 1.79. The molecule has 0 aliphatic carbocycles. The Kier molecular flexibility index (Phi) is 5.59. The van der Waals surface area contributed by atoms with Crippen LogP contribution in [0.25, 0.3) is 0 Å². The van der Waals surface area contributed by atoms with Crippen LogP contribution in [0.2, 0.25) is 0 Å². The Morgan fingerprint density at radius 1 is 1.10 bits per heavy atom. The summed E-state index contributed by atoms with van der Waals surface area (Å²) in [6.45, 7) is 0. The van der Waals surface area contributed by atoms with Gasteiger partial charge in [-0.15, -0.1) is 0 Å². The standard InChI is InChI=1S/C18H15FN4O5S/c1-27-15-7-6-12(8-13(15)17(20)24)29(25,26)23-11-9-21-18(22-10-11)28-16-5-3-2-4-14(16)19/h2-10,23H,1H3,(H2,20,24). The normalized spacial score (nSPS) is 11.0. The van der Waals surface area contributed by atoms with Crippen LogP contribution in [0.3, 0.4) is 0 Å². The van der Waals surface area contributed by atoms with Crippen molar-refractivity contribution in [2.75, 3.05) is 11.8 Å². The number of methoxy groups -OCH3 is 1. The van der Waals surface area contributed by atoms with Gasteiger partial charge in [-0.3, -0.25) is 9.52 Å². The monoisotopic (exact) mass is 418 g/mol. The van der Waals surface area contributed by atoms with Crippen LogP contribution in [0.1, 0.15) is 10.4 Å². The van der Waals surface area contributed by atoms with Crippen LogP contribution in [0.4, 0.5) is 10.1 Å². The number of para-hydroxylation sites is 1. The Labute approximate surface area is 165 Å². The third-order valence-corrected chi connectivity index (χ3v) is 5.04. The summed E-state index contributed by atoms with van der Waals surface area (Å²) in [5.74, 6) is -1.35. The van der Waals surface area contributed by atoms with E-state index in [4.69, 9.17) is 15.2 Å². The fourth-order valence-electron chi connectivity index (χ4n) is 2.31. The number of ether oxygens (including phenoxy) is 2. The first-order valence-corrected chi connectivity index (χ1v) is 9.53. The van der Waals surface area contributed by atoms with Gasteiger partial charge in [-0.2, -0.15) is 0 Å². The average molecular weight is 418 g/mol. The smallest absolute Gasteiger partial charge is 0.322 e. The van der Waals surface area contributed by atoms with Crippen LogP contribution in [0, 0.1) is 5.82 Å². The van der Waals surface area contributed by atoms with Gasteiger partial charge in [0.2, 0.25) is 0 Å². The maximum atomic E-state index is 13.6. The van der Waals surface area contributed by atoms with Gasteiger partial charge in [0.25, 0.3) is 15.9 Å². The minimum atomic E-state index is -4.07. The molecule has 1 heterocycles. The molecule has 1 aromatic heterocycles. The van der Waals surface area contributed by atoms with E-state index in [1.165, 1.54) is 37.4 Å². The number of amides is 1. The SMILES string of the molecule is COc1ccc(S(=O)(=O)Nc2cnc(Oc3ccccc3F)nc2)cc1C(N)=O. The topological polar surface area (TPSA) is 134 Å². The van der Waals surface area contributed by atoms with Crippen molar-refractivity contribution in [1.29, 1.82) is 0 Å². The molecule has 0 saturated carbocycles. The van der Waals surface area contributed by atoms with Crippen LogP contribution in [0.5, 0.6) is 17.5 Å². The Hall–Kier alpha value is -3.73. The summed E-state index contributed by atoms with van der Waals surface area (Å²) in [5.41, 5.74) is 5.20. The number of aromatic nitrogens is 2. The maximum Gasteiger partial charge on any atom is 0.322 e. The predicted octanol–water partition coefficient (Wildman–Crippen LogP) is 2.32. The number of nitrogens with zero attached hydrogens (tertiary/aromatic N) is 2. The number of hydrogen-bond acceptors (Lipinski definition) is 7. The van der Waals surface area contributed by atoms with Crippen molar-refractivity contribution >= 4 is 21.6 Å². The fraction of sp³-hybridized carbons (Fsp3) is 0.0556. The molecule has 0 spiro atoms. The van der Waals surface area contributed by atoms with Gasteiger partial charge in [0, 0.05) is 0 Å². The third-order valence-electron chi connectivity index (χ3n) is 3.66. The van der Waals surface area contributed by atoms with Gasteiger partial charge in [0.05, 0.1) is 35.6 Å². The molecule has 0 aliphatic heterocycles. The van der Waals surface area contributed by atoms with E-state index < -0.39 is 21.7 Å². The second-order valence-corrected chi connectivity index (χ2v) is 7.30. The van der Waals surface area contributed by atoms with E-state index >= 15 is 0 Å². The van der Waals surface area contributed by atoms with Crippen molar-refractivity contribution in [3.63, 3.8) is 0 Å². The summed E-state index contributed by atoms with van der Waals surface area (Å²) < 4.78 is 51.2. The van der Waals surface area contributed by atoms with E-state index in [1.807, 2.05) is 0 Å². The molecular weight excluding hydrogens is 403 g/mol. The molecule has 1 amide bonds. The van der Waals surface area contributed by atoms with Crippen molar-refractivity contribution in [1.82, 2.24) is 9.97 Å². The quantitative estimate of drug-likeness (QED) is 0.601. The van der Waals surface area contributed by atoms with E-state index in [0.29, 0.717) is 0 Å². The van der Waals surface area contributed by atoms with Gasteiger partial charge >= 0.3 is 6.01 Å². The number of hydrogen-bond donors (Lipinski definition) is 2. The number of nitrogens with one attached hydrogen (secondary N) is 1. The highest BCUT2D eigenvalue weighted by atomic mass is 32.2. The van der Waals surface area contributed by atoms with Gasteiger partial charge in [-0.1, -0.05) is 12.1 Å². The van der Waals surface area contributed by atoms with Crippen molar-refractivity contribution in [2.24, 2.45) is 5.73 Å². The minimum absolute atomic E-state index is 0.0299.